The molecule has 3 aliphatic heterocycles. The molecule has 11 atom stereocenters. The summed E-state index contributed by atoms with van der Waals surface area (Å²) in [4.78, 5) is 13.5. The predicted molar refractivity (Wildman–Crippen MR) is 206 cm³/mol. The van der Waals surface area contributed by atoms with Gasteiger partial charge in [-0.2, -0.15) is 0 Å². The molecule has 0 radical (unpaired) electrons. The number of benzene rings is 1. The van der Waals surface area contributed by atoms with Crippen molar-refractivity contribution in [1.29, 1.82) is 0 Å². The van der Waals surface area contributed by atoms with E-state index in [1.165, 1.54) is 0 Å². The Morgan fingerprint density at radius 3 is 2.31 bits per heavy atom. The van der Waals surface area contributed by atoms with Crippen LogP contribution in [-0.2, 0) is 53.7 Å². The van der Waals surface area contributed by atoms with Gasteiger partial charge in [0.2, 0.25) is 0 Å². The number of hydrogen-bond donors (Lipinski definition) is 1. The van der Waals surface area contributed by atoms with Crippen molar-refractivity contribution in [3.63, 3.8) is 0 Å². The first kappa shape index (κ1) is 44.5. The maximum absolute atomic E-state index is 13.5. The number of carbonyl (C=O) groups is 1. The Morgan fingerprint density at radius 2 is 1.72 bits per heavy atom. The molecule has 0 unspecified atom stereocenters. The van der Waals surface area contributed by atoms with Crippen LogP contribution in [0.25, 0.3) is 0 Å². The van der Waals surface area contributed by atoms with Crippen LogP contribution in [-0.4, -0.2) is 106 Å². The third-order valence-corrected chi connectivity index (χ3v) is 15.3. The molecule has 306 valence electrons. The van der Waals surface area contributed by atoms with Crippen molar-refractivity contribution in [3.8, 4) is 5.75 Å². The van der Waals surface area contributed by atoms with Gasteiger partial charge < -0.3 is 52.2 Å². The van der Waals surface area contributed by atoms with E-state index in [1.54, 1.807) is 27.0 Å². The van der Waals surface area contributed by atoms with Crippen LogP contribution in [0.2, 0.25) is 18.1 Å². The van der Waals surface area contributed by atoms with E-state index in [0.29, 0.717) is 12.0 Å². The average molecular weight is 779 g/mol. The largest absolute Gasteiger partial charge is 0.497 e. The fourth-order valence-electron chi connectivity index (χ4n) is 6.58. The van der Waals surface area contributed by atoms with Crippen LogP contribution in [0.5, 0.6) is 5.75 Å². The van der Waals surface area contributed by atoms with Gasteiger partial charge in [0.15, 0.2) is 32.8 Å². The Hall–Kier alpha value is -2.17. The highest BCUT2D eigenvalue weighted by Crippen LogP contribution is 2.43. The Labute approximate surface area is 323 Å². The third kappa shape index (κ3) is 11.0. The van der Waals surface area contributed by atoms with E-state index in [2.05, 4.69) is 47.4 Å². The zero-order valence-corrected chi connectivity index (χ0v) is 35.5. The summed E-state index contributed by atoms with van der Waals surface area (Å²) in [6.45, 7) is 25.9. The van der Waals surface area contributed by atoms with E-state index in [1.807, 2.05) is 51.1 Å². The average Bonchev–Trinajstić information content (AvgIpc) is 3.44. The van der Waals surface area contributed by atoms with E-state index in [4.69, 9.17) is 47.1 Å². The van der Waals surface area contributed by atoms with Crippen LogP contribution in [0.1, 0.15) is 87.1 Å². The Balaban J connectivity index is 1.72. The molecule has 1 N–H and O–H groups in total. The molecular formula is C41H66O12Si. The van der Waals surface area contributed by atoms with Crippen LogP contribution in [0, 0.1) is 0 Å². The van der Waals surface area contributed by atoms with Crippen molar-refractivity contribution >= 4 is 14.3 Å². The maximum atomic E-state index is 13.5. The molecule has 3 saturated heterocycles. The van der Waals surface area contributed by atoms with Gasteiger partial charge in [-0.15, -0.1) is 6.58 Å². The summed E-state index contributed by atoms with van der Waals surface area (Å²) >= 11 is 0. The van der Waals surface area contributed by atoms with E-state index >= 15 is 0 Å². The molecule has 0 bridgehead atoms. The summed E-state index contributed by atoms with van der Waals surface area (Å²) in [6.07, 6.45) is -3.43. The SMILES string of the molecule is C=CC[C@H](CCC)O[C@@H]1O[C@H](C)[C@@H]2OC(C)(C)O[C@@H]2[C@H]1O[C@@H]1O[C@H](COCc2ccc(OC)cc2)[C@@H](O[Si](C)(C)C(C)(C)C)[C@H](OC(=O)/C(C)=C\C)[C@H]1O. The first-order valence-corrected chi connectivity index (χ1v) is 22.2. The van der Waals surface area contributed by atoms with Crippen molar-refractivity contribution < 1.29 is 57.0 Å². The maximum Gasteiger partial charge on any atom is 0.333 e. The van der Waals surface area contributed by atoms with Gasteiger partial charge in [-0.05, 0) is 83.3 Å². The number of aliphatic hydroxyl groups excluding tert-OH is 1. The lowest BCUT2D eigenvalue weighted by Crippen LogP contribution is -2.66. The summed E-state index contributed by atoms with van der Waals surface area (Å²) in [7, 11) is -0.929. The molecule has 4 rings (SSSR count). The standard InChI is InChI=1S/C41H66O12Si/c1-14-17-29(18-15-2)47-39-36(35-32(26(5)46-39)51-41(9,10)52-35)50-38-31(42)34(49-37(43)25(4)16-3)33(53-54(12,13)40(6,7)8)30(48-38)24-45-23-27-19-21-28(44-11)22-20-27/h14,16,19-22,26,29-36,38-39,42H,1,15,17-18,23-24H2,2-13H3/b25-16-/t26-,29-,30-,31-,32+,33-,34-,35+,36-,38+,39+/m1/s1. The second-order valence-electron chi connectivity index (χ2n) is 16.5. The highest BCUT2D eigenvalue weighted by molar-refractivity contribution is 6.74. The number of carbonyl (C=O) groups excluding carboxylic acids is 1. The normalized spacial score (nSPS) is 32.1. The Kier molecular flexibility index (Phi) is 15.5. The van der Waals surface area contributed by atoms with Gasteiger partial charge in [0.25, 0.3) is 0 Å². The first-order valence-electron chi connectivity index (χ1n) is 19.3. The Morgan fingerprint density at radius 1 is 1.06 bits per heavy atom. The van der Waals surface area contributed by atoms with Gasteiger partial charge in [0.05, 0.1) is 32.5 Å². The van der Waals surface area contributed by atoms with E-state index in [0.717, 1.165) is 24.2 Å². The van der Waals surface area contributed by atoms with Crippen molar-refractivity contribution in [2.75, 3.05) is 13.7 Å². The highest BCUT2D eigenvalue weighted by Gasteiger charge is 2.59. The van der Waals surface area contributed by atoms with Crippen molar-refractivity contribution in [2.24, 2.45) is 0 Å². The van der Waals surface area contributed by atoms with E-state index in [9.17, 15) is 9.90 Å². The minimum Gasteiger partial charge on any atom is -0.497 e. The molecule has 3 heterocycles. The zero-order valence-electron chi connectivity index (χ0n) is 34.5. The first-order chi connectivity index (χ1) is 25.3. The second kappa shape index (κ2) is 18.8. The fourth-order valence-corrected chi connectivity index (χ4v) is 7.90. The van der Waals surface area contributed by atoms with Crippen molar-refractivity contribution in [1.82, 2.24) is 0 Å². The second-order valence-corrected chi connectivity index (χ2v) is 21.3. The van der Waals surface area contributed by atoms with Crippen LogP contribution in [0.15, 0.2) is 48.6 Å². The smallest absolute Gasteiger partial charge is 0.333 e. The van der Waals surface area contributed by atoms with Gasteiger partial charge in [-0.25, -0.2) is 4.79 Å². The topological polar surface area (TPSA) is 130 Å². The number of hydrogen-bond acceptors (Lipinski definition) is 12. The number of methoxy groups -OCH3 is 1. The molecule has 0 spiro atoms. The number of allylic oxidation sites excluding steroid dienone is 1. The molecule has 0 aromatic heterocycles. The quantitative estimate of drug-likeness (QED) is 0.0759. The number of aliphatic hydroxyl groups is 1. The summed E-state index contributed by atoms with van der Waals surface area (Å²) < 4.78 is 63.9. The van der Waals surface area contributed by atoms with Crippen molar-refractivity contribution in [3.05, 3.63) is 54.1 Å². The van der Waals surface area contributed by atoms with Crippen LogP contribution in [0.3, 0.4) is 0 Å². The van der Waals surface area contributed by atoms with Crippen LogP contribution in [0.4, 0.5) is 0 Å². The number of esters is 1. The minimum atomic E-state index is -2.55. The molecule has 0 aliphatic carbocycles. The van der Waals surface area contributed by atoms with Gasteiger partial charge >= 0.3 is 5.97 Å². The number of fused-ring (bicyclic) bond motifs is 1. The lowest BCUT2D eigenvalue weighted by molar-refractivity contribution is -0.361. The van der Waals surface area contributed by atoms with Gasteiger partial charge in [0, 0.05) is 5.57 Å². The molecule has 3 fully saturated rings. The highest BCUT2D eigenvalue weighted by atomic mass is 28.4. The lowest BCUT2D eigenvalue weighted by atomic mass is 9.97. The molecule has 0 saturated carbocycles. The molecule has 13 heteroatoms. The fraction of sp³-hybridized carbons (Fsp3) is 0.732. The number of ether oxygens (including phenoxy) is 9. The predicted octanol–water partition coefficient (Wildman–Crippen LogP) is 6.98. The summed E-state index contributed by atoms with van der Waals surface area (Å²) in [5, 5.41) is 12.0. The molecule has 0 amide bonds. The Bertz CT molecular complexity index is 1390. The lowest BCUT2D eigenvalue weighted by Gasteiger charge is -2.50. The molecule has 54 heavy (non-hydrogen) atoms. The monoisotopic (exact) mass is 778 g/mol. The molecule has 1 aromatic carbocycles. The van der Waals surface area contributed by atoms with Crippen LogP contribution >= 0.6 is 0 Å². The van der Waals surface area contributed by atoms with Gasteiger partial charge in [0.1, 0.15) is 42.4 Å². The van der Waals surface area contributed by atoms with Crippen molar-refractivity contribution in [2.45, 2.75) is 180 Å². The van der Waals surface area contributed by atoms with E-state index in [-0.39, 0.29) is 30.5 Å². The zero-order chi connectivity index (χ0) is 40.0. The van der Waals surface area contributed by atoms with Crippen LogP contribution < -0.4 is 4.74 Å². The minimum absolute atomic E-state index is 0.0449. The summed E-state index contributed by atoms with van der Waals surface area (Å²) in [5.74, 6) is -0.772. The molecular weight excluding hydrogens is 713 g/mol. The number of rotatable bonds is 17. The summed E-state index contributed by atoms with van der Waals surface area (Å²) in [5.41, 5.74) is 1.31. The molecule has 3 aliphatic rings. The van der Waals surface area contributed by atoms with E-state index < -0.39 is 75.4 Å². The molecule has 1 aromatic rings. The van der Waals surface area contributed by atoms with Gasteiger partial charge in [-0.3, -0.25) is 0 Å². The van der Waals surface area contributed by atoms with Gasteiger partial charge in [-0.1, -0.05) is 58.4 Å². The third-order valence-electron chi connectivity index (χ3n) is 10.8. The summed E-state index contributed by atoms with van der Waals surface area (Å²) in [6, 6.07) is 7.59. The molecule has 12 nitrogen and oxygen atoms in total.